The van der Waals surface area contributed by atoms with Crippen molar-refractivity contribution in [2.24, 2.45) is 5.73 Å². The van der Waals surface area contributed by atoms with Crippen molar-refractivity contribution in [3.8, 4) is 0 Å². The first kappa shape index (κ1) is 14.0. The molecule has 0 bridgehead atoms. The first-order valence-corrected chi connectivity index (χ1v) is 5.73. The summed E-state index contributed by atoms with van der Waals surface area (Å²) < 4.78 is 0. The Hall–Kier alpha value is -1.01. The van der Waals surface area contributed by atoms with Gasteiger partial charge in [0.2, 0.25) is 5.91 Å². The van der Waals surface area contributed by atoms with Crippen LogP contribution in [0, 0.1) is 0 Å². The van der Waals surface area contributed by atoms with Crippen molar-refractivity contribution >= 4 is 23.7 Å². The molecule has 5 nitrogen and oxygen atoms in total. The van der Waals surface area contributed by atoms with Gasteiger partial charge in [0.05, 0.1) is 5.75 Å². The van der Waals surface area contributed by atoms with Gasteiger partial charge >= 0.3 is 6.03 Å². The highest BCUT2D eigenvalue weighted by molar-refractivity contribution is 8.00. The predicted octanol–water partition coefficient (Wildman–Crippen LogP) is 0.0786. The van der Waals surface area contributed by atoms with Crippen LogP contribution >= 0.6 is 11.8 Å². The fourth-order valence-electron chi connectivity index (χ4n) is 0.709. The van der Waals surface area contributed by atoms with Gasteiger partial charge in [-0.15, -0.1) is 6.58 Å². The summed E-state index contributed by atoms with van der Waals surface area (Å²) in [5.41, 5.74) is 5.50. The molecule has 86 valence electrons. The first-order chi connectivity index (χ1) is 7.06. The normalized spacial score (nSPS) is 11.6. The van der Waals surface area contributed by atoms with Gasteiger partial charge in [0, 0.05) is 18.3 Å². The Morgan fingerprint density at radius 2 is 2.27 bits per heavy atom. The van der Waals surface area contributed by atoms with Crippen LogP contribution < -0.4 is 16.4 Å². The van der Waals surface area contributed by atoms with E-state index in [9.17, 15) is 9.59 Å². The fourth-order valence-corrected chi connectivity index (χ4v) is 1.46. The van der Waals surface area contributed by atoms with E-state index in [-0.39, 0.29) is 17.7 Å². The van der Waals surface area contributed by atoms with Crippen molar-refractivity contribution in [1.82, 2.24) is 10.6 Å². The van der Waals surface area contributed by atoms with Crippen molar-refractivity contribution < 1.29 is 9.59 Å². The summed E-state index contributed by atoms with van der Waals surface area (Å²) in [6, 6.07) is -0.446. The molecule has 0 aliphatic carbocycles. The van der Waals surface area contributed by atoms with Gasteiger partial charge in [-0.25, -0.2) is 4.79 Å². The number of rotatable bonds is 6. The summed E-state index contributed by atoms with van der Waals surface area (Å²) >= 11 is 1.40. The van der Waals surface area contributed by atoms with Crippen molar-refractivity contribution in [2.75, 3.05) is 18.1 Å². The van der Waals surface area contributed by atoms with E-state index in [1.54, 1.807) is 0 Å². The van der Waals surface area contributed by atoms with Crippen LogP contribution in [-0.4, -0.2) is 36.0 Å². The van der Waals surface area contributed by atoms with Gasteiger partial charge in [0.1, 0.15) is 0 Å². The third kappa shape index (κ3) is 9.30. The Balaban J connectivity index is 3.55. The second-order valence-electron chi connectivity index (χ2n) is 3.04. The molecule has 0 spiro atoms. The molecule has 0 heterocycles. The molecular formula is C9H17N3O2S. The van der Waals surface area contributed by atoms with Crippen LogP contribution in [0.25, 0.3) is 0 Å². The van der Waals surface area contributed by atoms with E-state index in [0.29, 0.717) is 12.3 Å². The van der Waals surface area contributed by atoms with Gasteiger partial charge in [0.15, 0.2) is 0 Å². The highest BCUT2D eigenvalue weighted by Crippen LogP contribution is 2.00. The van der Waals surface area contributed by atoms with E-state index in [1.165, 1.54) is 17.8 Å². The summed E-state index contributed by atoms with van der Waals surface area (Å²) in [5.74, 6) is 0.618. The maximum Gasteiger partial charge on any atom is 0.321 e. The van der Waals surface area contributed by atoms with Gasteiger partial charge in [-0.2, -0.15) is 11.8 Å². The zero-order chi connectivity index (χ0) is 11.7. The lowest BCUT2D eigenvalue weighted by atomic mass is 10.4. The second-order valence-corrected chi connectivity index (χ2v) is 4.07. The number of urea groups is 1. The number of carbonyl (C=O) groups is 2. The smallest absolute Gasteiger partial charge is 0.321 e. The minimum Gasteiger partial charge on any atom is -0.334 e. The lowest BCUT2D eigenvalue weighted by Gasteiger charge is -2.05. The van der Waals surface area contributed by atoms with Gasteiger partial charge in [-0.1, -0.05) is 6.08 Å². The number of imide groups is 1. The quantitative estimate of drug-likeness (QED) is 0.565. The maximum absolute atomic E-state index is 11.1. The maximum atomic E-state index is 11.1. The molecule has 0 aliphatic heterocycles. The Morgan fingerprint density at radius 1 is 1.60 bits per heavy atom. The van der Waals surface area contributed by atoms with Crippen LogP contribution in [0.4, 0.5) is 4.79 Å². The molecule has 0 aromatic heterocycles. The Morgan fingerprint density at radius 3 is 2.80 bits per heavy atom. The average molecular weight is 231 g/mol. The summed E-state index contributed by atoms with van der Waals surface area (Å²) in [4.78, 5) is 22.1. The van der Waals surface area contributed by atoms with Crippen molar-refractivity contribution in [1.29, 1.82) is 0 Å². The zero-order valence-corrected chi connectivity index (χ0v) is 9.60. The minimum absolute atomic E-state index is 0.0531. The largest absolute Gasteiger partial charge is 0.334 e. The van der Waals surface area contributed by atoms with Crippen LogP contribution in [0.15, 0.2) is 12.7 Å². The highest BCUT2D eigenvalue weighted by Gasteiger charge is 2.06. The highest BCUT2D eigenvalue weighted by atomic mass is 32.2. The van der Waals surface area contributed by atoms with Gasteiger partial charge in [-0.3, -0.25) is 10.1 Å². The zero-order valence-electron chi connectivity index (χ0n) is 8.79. The number of hydrogen-bond donors (Lipinski definition) is 3. The van der Waals surface area contributed by atoms with E-state index in [0.717, 1.165) is 0 Å². The molecule has 0 rings (SSSR count). The van der Waals surface area contributed by atoms with Crippen LogP contribution in [0.5, 0.6) is 0 Å². The van der Waals surface area contributed by atoms with Crippen LogP contribution in [0.3, 0.4) is 0 Å². The van der Waals surface area contributed by atoms with Crippen molar-refractivity contribution in [2.45, 2.75) is 13.0 Å². The molecule has 0 saturated heterocycles. The van der Waals surface area contributed by atoms with Gasteiger partial charge in [-0.05, 0) is 6.92 Å². The third-order valence-corrected chi connectivity index (χ3v) is 2.50. The molecule has 0 fully saturated rings. The summed E-state index contributed by atoms with van der Waals surface area (Å²) in [6.07, 6.45) is 1.54. The lowest BCUT2D eigenvalue weighted by Crippen LogP contribution is -2.40. The molecule has 1 atom stereocenters. The summed E-state index contributed by atoms with van der Waals surface area (Å²) in [6.45, 7) is 5.64. The number of carbonyl (C=O) groups excluding carboxylic acids is 2. The van der Waals surface area contributed by atoms with Gasteiger partial charge in [0.25, 0.3) is 0 Å². The molecule has 0 saturated carbocycles. The van der Waals surface area contributed by atoms with Crippen LogP contribution in [0.2, 0.25) is 0 Å². The Bertz CT molecular complexity index is 231. The van der Waals surface area contributed by atoms with Crippen molar-refractivity contribution in [3.63, 3.8) is 0 Å². The van der Waals surface area contributed by atoms with E-state index in [2.05, 4.69) is 17.2 Å². The number of thioether (sulfide) groups is 1. The number of nitrogens with one attached hydrogen (secondary N) is 2. The van der Waals surface area contributed by atoms with Crippen LogP contribution in [0.1, 0.15) is 6.92 Å². The topological polar surface area (TPSA) is 84.2 Å². The summed E-state index contributed by atoms with van der Waals surface area (Å²) in [7, 11) is 0. The molecule has 15 heavy (non-hydrogen) atoms. The number of hydrogen-bond acceptors (Lipinski definition) is 4. The van der Waals surface area contributed by atoms with E-state index >= 15 is 0 Å². The van der Waals surface area contributed by atoms with Crippen molar-refractivity contribution in [3.05, 3.63) is 12.7 Å². The molecule has 3 amide bonds. The third-order valence-electron chi connectivity index (χ3n) is 1.27. The number of nitrogens with two attached hydrogens (primary N) is 1. The van der Waals surface area contributed by atoms with Gasteiger partial charge < -0.3 is 11.1 Å². The monoisotopic (exact) mass is 231 g/mol. The lowest BCUT2D eigenvalue weighted by molar-refractivity contribution is -0.117. The molecule has 0 aromatic rings. The van der Waals surface area contributed by atoms with E-state index < -0.39 is 6.03 Å². The molecule has 0 aromatic carbocycles. The molecule has 1 unspecified atom stereocenters. The first-order valence-electron chi connectivity index (χ1n) is 4.58. The average Bonchev–Trinajstić information content (AvgIpc) is 2.14. The predicted molar refractivity (Wildman–Crippen MR) is 62.7 cm³/mol. The summed E-state index contributed by atoms with van der Waals surface area (Å²) in [5, 5.41) is 4.63. The molecule has 0 radical (unpaired) electrons. The standard InChI is InChI=1S/C9H17N3O2S/c1-3-4-11-9(14)12-8(13)6-15-5-7(2)10/h3,7H,1,4-6,10H2,2H3,(H2,11,12,13,14). The SMILES string of the molecule is C=CCNC(=O)NC(=O)CSCC(C)N. The van der Waals surface area contributed by atoms with E-state index in [4.69, 9.17) is 5.73 Å². The van der Waals surface area contributed by atoms with Crippen LogP contribution in [-0.2, 0) is 4.79 Å². The van der Waals surface area contributed by atoms with E-state index in [1.807, 2.05) is 6.92 Å². The number of amides is 3. The second kappa shape index (κ2) is 8.31. The molecule has 0 aliphatic rings. The molecular weight excluding hydrogens is 214 g/mol. The Kier molecular flexibility index (Phi) is 7.75. The Labute approximate surface area is 93.9 Å². The fraction of sp³-hybridized carbons (Fsp3) is 0.556. The molecule has 4 N–H and O–H groups in total. The minimum atomic E-state index is -0.499. The molecule has 6 heteroatoms.